The average Bonchev–Trinajstić information content (AvgIpc) is 2.28. The van der Waals surface area contributed by atoms with E-state index in [1.807, 2.05) is 11.5 Å². The van der Waals surface area contributed by atoms with Gasteiger partial charge in [-0.15, -0.1) is 0 Å². The molecule has 88 valence electrons. The third-order valence-electron chi connectivity index (χ3n) is 1.61. The van der Waals surface area contributed by atoms with Crippen molar-refractivity contribution in [2.45, 2.75) is 0 Å². The highest BCUT2D eigenvalue weighted by Crippen LogP contribution is 2.09. The fraction of sp³-hybridized carbons (Fsp3) is 0.100. The quantitative estimate of drug-likeness (QED) is 0.665. The van der Waals surface area contributed by atoms with E-state index in [4.69, 9.17) is 10.4 Å². The van der Waals surface area contributed by atoms with Gasteiger partial charge in [0.15, 0.2) is 6.61 Å². The summed E-state index contributed by atoms with van der Waals surface area (Å²) in [6.45, 7) is -0.633. The monoisotopic (exact) mass is 235 g/mol. The van der Waals surface area contributed by atoms with Crippen LogP contribution in [0.1, 0.15) is 5.56 Å². The Morgan fingerprint density at radius 2 is 2.24 bits per heavy atom. The standard InChI is InChI=1S/C10H9N3O4/c11-5-7-2-1-3-8(4-7)12-10(16)13-17-6-9(14)15/h1-4H,6H2,(H,14,15)(H2,12,13,16). The van der Waals surface area contributed by atoms with E-state index in [1.165, 1.54) is 6.07 Å². The van der Waals surface area contributed by atoms with Gasteiger partial charge in [0, 0.05) is 5.69 Å². The van der Waals surface area contributed by atoms with Gasteiger partial charge in [0.1, 0.15) is 0 Å². The second kappa shape index (κ2) is 6.09. The van der Waals surface area contributed by atoms with E-state index in [1.54, 1.807) is 18.2 Å². The molecule has 1 aromatic carbocycles. The number of carboxylic acids is 1. The molecule has 0 fully saturated rings. The van der Waals surface area contributed by atoms with Crippen LogP contribution in [0.4, 0.5) is 10.5 Å². The van der Waals surface area contributed by atoms with Crippen LogP contribution < -0.4 is 10.8 Å². The Morgan fingerprint density at radius 3 is 2.88 bits per heavy atom. The number of aliphatic carboxylic acids is 1. The summed E-state index contributed by atoms with van der Waals surface area (Å²) >= 11 is 0. The van der Waals surface area contributed by atoms with Crippen LogP contribution in [-0.2, 0) is 9.63 Å². The van der Waals surface area contributed by atoms with E-state index in [9.17, 15) is 9.59 Å². The van der Waals surface area contributed by atoms with Gasteiger partial charge >= 0.3 is 12.0 Å². The van der Waals surface area contributed by atoms with Crippen LogP contribution in [0.25, 0.3) is 0 Å². The maximum absolute atomic E-state index is 11.2. The molecular weight excluding hydrogens is 226 g/mol. The third-order valence-corrected chi connectivity index (χ3v) is 1.61. The van der Waals surface area contributed by atoms with E-state index in [2.05, 4.69) is 10.2 Å². The fourth-order valence-corrected chi connectivity index (χ4v) is 0.986. The largest absolute Gasteiger partial charge is 0.479 e. The molecule has 0 bridgehead atoms. The molecule has 0 aliphatic carbocycles. The lowest BCUT2D eigenvalue weighted by molar-refractivity contribution is -0.143. The Morgan fingerprint density at radius 1 is 1.47 bits per heavy atom. The van der Waals surface area contributed by atoms with Gasteiger partial charge in [-0.05, 0) is 18.2 Å². The first-order valence-electron chi connectivity index (χ1n) is 4.52. The molecule has 1 rings (SSSR count). The van der Waals surface area contributed by atoms with E-state index in [-0.39, 0.29) is 0 Å². The summed E-state index contributed by atoms with van der Waals surface area (Å²) in [5, 5.41) is 19.3. The van der Waals surface area contributed by atoms with Crippen LogP contribution >= 0.6 is 0 Å². The number of benzene rings is 1. The fourth-order valence-electron chi connectivity index (χ4n) is 0.986. The number of anilines is 1. The number of rotatable bonds is 4. The summed E-state index contributed by atoms with van der Waals surface area (Å²) in [7, 11) is 0. The van der Waals surface area contributed by atoms with Crippen molar-refractivity contribution < 1.29 is 19.5 Å². The summed E-state index contributed by atoms with van der Waals surface area (Å²) in [4.78, 5) is 25.6. The van der Waals surface area contributed by atoms with Crippen molar-refractivity contribution in [3.8, 4) is 6.07 Å². The number of urea groups is 1. The second-order valence-corrected chi connectivity index (χ2v) is 2.93. The van der Waals surface area contributed by atoms with Crippen molar-refractivity contribution in [2.75, 3.05) is 11.9 Å². The minimum absolute atomic E-state index is 0.397. The minimum atomic E-state index is -1.20. The van der Waals surface area contributed by atoms with Crippen LogP contribution in [0, 0.1) is 11.3 Å². The molecular formula is C10H9N3O4. The number of nitrogens with zero attached hydrogens (tertiary/aromatic N) is 1. The van der Waals surface area contributed by atoms with Gasteiger partial charge in [0.25, 0.3) is 0 Å². The van der Waals surface area contributed by atoms with Gasteiger partial charge in [-0.1, -0.05) is 6.07 Å². The van der Waals surface area contributed by atoms with Crippen molar-refractivity contribution in [3.63, 3.8) is 0 Å². The van der Waals surface area contributed by atoms with E-state index < -0.39 is 18.6 Å². The molecule has 0 spiro atoms. The number of carbonyl (C=O) groups excluding carboxylic acids is 1. The minimum Gasteiger partial charge on any atom is -0.479 e. The molecule has 17 heavy (non-hydrogen) atoms. The van der Waals surface area contributed by atoms with Gasteiger partial charge in [-0.3, -0.25) is 4.84 Å². The maximum atomic E-state index is 11.2. The molecule has 7 heteroatoms. The zero-order valence-corrected chi connectivity index (χ0v) is 8.64. The first-order valence-corrected chi connectivity index (χ1v) is 4.52. The second-order valence-electron chi connectivity index (χ2n) is 2.93. The van der Waals surface area contributed by atoms with Crippen molar-refractivity contribution in [2.24, 2.45) is 0 Å². The number of hydrogen-bond donors (Lipinski definition) is 3. The van der Waals surface area contributed by atoms with Crippen LogP contribution in [0.3, 0.4) is 0 Å². The predicted octanol–water partition coefficient (Wildman–Crippen LogP) is 0.696. The Bertz CT molecular complexity index is 467. The summed E-state index contributed by atoms with van der Waals surface area (Å²) in [6, 6.07) is 7.44. The van der Waals surface area contributed by atoms with Crippen LogP contribution in [0.15, 0.2) is 24.3 Å². The Hall–Kier alpha value is -2.59. The number of nitrogens with one attached hydrogen (secondary N) is 2. The van der Waals surface area contributed by atoms with Gasteiger partial charge in [0.2, 0.25) is 0 Å². The Labute approximate surface area is 96.6 Å². The number of carbonyl (C=O) groups is 2. The highest BCUT2D eigenvalue weighted by Gasteiger charge is 2.03. The molecule has 0 unspecified atom stereocenters. The average molecular weight is 235 g/mol. The van der Waals surface area contributed by atoms with Crippen LogP contribution in [-0.4, -0.2) is 23.7 Å². The molecule has 0 radical (unpaired) electrons. The molecule has 3 N–H and O–H groups in total. The van der Waals surface area contributed by atoms with Crippen molar-refractivity contribution in [3.05, 3.63) is 29.8 Å². The zero-order valence-electron chi connectivity index (χ0n) is 8.64. The number of amides is 2. The lowest BCUT2D eigenvalue weighted by Gasteiger charge is -2.06. The molecule has 0 aliphatic rings. The van der Waals surface area contributed by atoms with E-state index in [0.29, 0.717) is 11.3 Å². The highest BCUT2D eigenvalue weighted by molar-refractivity contribution is 5.88. The highest BCUT2D eigenvalue weighted by atomic mass is 16.7. The van der Waals surface area contributed by atoms with Gasteiger partial charge < -0.3 is 10.4 Å². The number of nitriles is 1. The summed E-state index contributed by atoms with van der Waals surface area (Å²) in [5.41, 5.74) is 2.69. The number of hydroxylamine groups is 1. The molecule has 1 aromatic rings. The lowest BCUT2D eigenvalue weighted by Crippen LogP contribution is -2.30. The molecule has 0 aliphatic heterocycles. The number of carboxylic acid groups (broad SMARTS) is 1. The third kappa shape index (κ3) is 4.63. The van der Waals surface area contributed by atoms with Crippen LogP contribution in [0.5, 0.6) is 0 Å². The van der Waals surface area contributed by atoms with E-state index in [0.717, 1.165) is 0 Å². The van der Waals surface area contributed by atoms with Crippen molar-refractivity contribution in [1.82, 2.24) is 5.48 Å². The molecule has 0 atom stereocenters. The number of hydrogen-bond acceptors (Lipinski definition) is 4. The zero-order chi connectivity index (χ0) is 12.7. The van der Waals surface area contributed by atoms with Gasteiger partial charge in [-0.25, -0.2) is 15.1 Å². The Balaban J connectivity index is 2.45. The smallest absolute Gasteiger partial charge is 0.343 e. The molecule has 0 saturated heterocycles. The molecule has 0 saturated carbocycles. The molecule has 2 amide bonds. The normalized spacial score (nSPS) is 9.12. The molecule has 0 heterocycles. The van der Waals surface area contributed by atoms with Gasteiger partial charge in [-0.2, -0.15) is 5.26 Å². The maximum Gasteiger partial charge on any atom is 0.343 e. The summed E-state index contributed by atoms with van der Waals surface area (Å²) in [5.74, 6) is -1.20. The predicted molar refractivity (Wildman–Crippen MR) is 56.9 cm³/mol. The molecule has 7 nitrogen and oxygen atoms in total. The molecule has 0 aromatic heterocycles. The lowest BCUT2D eigenvalue weighted by atomic mass is 10.2. The van der Waals surface area contributed by atoms with Crippen LogP contribution in [0.2, 0.25) is 0 Å². The first kappa shape index (κ1) is 12.5. The van der Waals surface area contributed by atoms with Crippen molar-refractivity contribution >= 4 is 17.7 Å². The van der Waals surface area contributed by atoms with E-state index >= 15 is 0 Å². The summed E-state index contributed by atoms with van der Waals surface area (Å²) < 4.78 is 0. The first-order chi connectivity index (χ1) is 8.11. The Kier molecular flexibility index (Phi) is 4.47. The topological polar surface area (TPSA) is 111 Å². The SMILES string of the molecule is N#Cc1cccc(NC(=O)NOCC(=O)O)c1. The summed E-state index contributed by atoms with van der Waals surface area (Å²) in [6.07, 6.45) is 0. The van der Waals surface area contributed by atoms with Crippen molar-refractivity contribution in [1.29, 1.82) is 5.26 Å². The van der Waals surface area contributed by atoms with Gasteiger partial charge in [0.05, 0.1) is 11.6 Å².